The van der Waals surface area contributed by atoms with Crippen LogP contribution in [-0.4, -0.2) is 48.1 Å². The molecule has 2 aromatic heterocycles. The van der Waals surface area contributed by atoms with Crippen molar-refractivity contribution in [3.63, 3.8) is 0 Å². The van der Waals surface area contributed by atoms with Crippen molar-refractivity contribution >= 4 is 32.6 Å². The Hall–Kier alpha value is -1.13. The Bertz CT molecular complexity index is 709. The molecule has 0 spiro atoms. The average Bonchev–Trinajstić information content (AvgIpc) is 3.09. The monoisotopic (exact) mass is 352 g/mol. The maximum atomic E-state index is 12.5. The van der Waals surface area contributed by atoms with Crippen LogP contribution in [0.4, 0.5) is 0 Å². The molecule has 6 nitrogen and oxygen atoms in total. The van der Waals surface area contributed by atoms with Crippen molar-refractivity contribution in [1.29, 1.82) is 0 Å². The molecule has 0 amide bonds. The van der Waals surface area contributed by atoms with E-state index in [1.807, 2.05) is 0 Å². The summed E-state index contributed by atoms with van der Waals surface area (Å²) >= 11 is 1.35. The zero-order chi connectivity index (χ0) is 15.0. The van der Waals surface area contributed by atoms with Crippen LogP contribution >= 0.6 is 0 Å². The number of hydrogen-bond acceptors (Lipinski definition) is 4. The first kappa shape index (κ1) is 14.8. The van der Waals surface area contributed by atoms with E-state index in [2.05, 4.69) is 21.9 Å². The van der Waals surface area contributed by atoms with Crippen LogP contribution in [0.2, 0.25) is 0 Å². The standard InChI is InChI=1S/C14H21AsN4O2/c1-2-5-19-13(21)10-12(18-14(19)15)17-11(16-10)9-4-3-8(6-9)7-20/h8-9,20H,2-7,15H2,1H3,(H,16,17). The van der Waals surface area contributed by atoms with E-state index in [-0.39, 0.29) is 12.2 Å². The number of fused-ring (bicyclic) bond motifs is 1. The third-order valence-corrected chi connectivity index (χ3v) is 5.22. The van der Waals surface area contributed by atoms with Gasteiger partial charge < -0.3 is 0 Å². The molecule has 114 valence electrons. The molecular formula is C14H21AsN4O2. The molecule has 0 bridgehead atoms. The maximum absolute atomic E-state index is 12.5. The number of aliphatic hydroxyl groups is 1. The summed E-state index contributed by atoms with van der Waals surface area (Å²) in [5, 5.41) is 9.25. The van der Waals surface area contributed by atoms with Crippen LogP contribution in [0.25, 0.3) is 11.2 Å². The fourth-order valence-electron chi connectivity index (χ4n) is 3.14. The van der Waals surface area contributed by atoms with Crippen molar-refractivity contribution in [1.82, 2.24) is 19.5 Å². The zero-order valence-electron chi connectivity index (χ0n) is 12.2. The normalized spacial score (nSPS) is 22.2. The average molecular weight is 352 g/mol. The third kappa shape index (κ3) is 2.67. The molecule has 2 heterocycles. The number of imidazole rings is 1. The third-order valence-electron chi connectivity index (χ3n) is 4.29. The second kappa shape index (κ2) is 5.93. The summed E-state index contributed by atoms with van der Waals surface area (Å²) in [6, 6.07) is 0. The minimum absolute atomic E-state index is 0.0170. The number of aromatic nitrogens is 4. The molecular weight excluding hydrogens is 331 g/mol. The summed E-state index contributed by atoms with van der Waals surface area (Å²) in [6.07, 6.45) is 3.87. The van der Waals surface area contributed by atoms with E-state index in [0.29, 0.717) is 29.5 Å². The zero-order valence-corrected chi connectivity index (χ0v) is 14.6. The number of nitrogens with zero attached hydrogens (tertiary/aromatic N) is 3. The molecule has 0 aromatic carbocycles. The number of aliphatic hydroxyl groups excluding tert-OH is 1. The van der Waals surface area contributed by atoms with Gasteiger partial charge >= 0.3 is 131 Å². The van der Waals surface area contributed by atoms with Gasteiger partial charge in [-0.3, -0.25) is 0 Å². The summed E-state index contributed by atoms with van der Waals surface area (Å²) in [6.45, 7) is 2.98. The van der Waals surface area contributed by atoms with E-state index in [1.54, 1.807) is 4.57 Å². The topological polar surface area (TPSA) is 83.8 Å². The molecule has 7 heteroatoms. The SMILES string of the molecule is CCCn1c([AsH2])nc2nc(C3CCC(CO)C3)[nH]c2c1=O. The summed E-state index contributed by atoms with van der Waals surface area (Å²) in [5.41, 5.74) is 1.04. The molecule has 1 saturated carbocycles. The van der Waals surface area contributed by atoms with Gasteiger partial charge in [-0.15, -0.1) is 0 Å². The van der Waals surface area contributed by atoms with Gasteiger partial charge in [-0.2, -0.15) is 0 Å². The van der Waals surface area contributed by atoms with Gasteiger partial charge in [-0.05, 0) is 0 Å². The van der Waals surface area contributed by atoms with Gasteiger partial charge in [0.2, 0.25) is 0 Å². The van der Waals surface area contributed by atoms with Crippen molar-refractivity contribution in [2.45, 2.75) is 45.1 Å². The van der Waals surface area contributed by atoms with Crippen LogP contribution in [0.15, 0.2) is 4.79 Å². The molecule has 2 N–H and O–H groups in total. The molecule has 3 unspecified atom stereocenters. The van der Waals surface area contributed by atoms with E-state index >= 15 is 0 Å². The predicted octanol–water partition coefficient (Wildman–Crippen LogP) is -0.336. The van der Waals surface area contributed by atoms with Crippen molar-refractivity contribution in [3.05, 3.63) is 16.2 Å². The van der Waals surface area contributed by atoms with Gasteiger partial charge in [0.25, 0.3) is 0 Å². The van der Waals surface area contributed by atoms with Crippen LogP contribution < -0.4 is 10.2 Å². The van der Waals surface area contributed by atoms with E-state index in [9.17, 15) is 9.90 Å². The molecule has 1 fully saturated rings. The molecule has 0 aliphatic heterocycles. The number of nitrogens with one attached hydrogen (secondary N) is 1. The molecule has 1 aliphatic carbocycles. The Kier molecular flexibility index (Phi) is 4.18. The summed E-state index contributed by atoms with van der Waals surface area (Å²) in [7, 11) is 0. The van der Waals surface area contributed by atoms with Gasteiger partial charge in [-0.25, -0.2) is 0 Å². The first-order valence-electron chi connectivity index (χ1n) is 7.50. The molecule has 1 aliphatic rings. The number of H-pyrrole nitrogens is 1. The van der Waals surface area contributed by atoms with Gasteiger partial charge in [0.05, 0.1) is 0 Å². The molecule has 21 heavy (non-hydrogen) atoms. The predicted molar refractivity (Wildman–Crippen MR) is 83.8 cm³/mol. The first-order chi connectivity index (χ1) is 10.1. The number of hydrogen-bond donors (Lipinski definition) is 2. The number of aromatic amines is 1. The van der Waals surface area contributed by atoms with Crippen molar-refractivity contribution in [3.8, 4) is 0 Å². The van der Waals surface area contributed by atoms with E-state index in [0.717, 1.165) is 36.1 Å². The molecule has 3 atom stereocenters. The Morgan fingerprint density at radius 1 is 1.43 bits per heavy atom. The van der Waals surface area contributed by atoms with Crippen LogP contribution in [0.5, 0.6) is 0 Å². The van der Waals surface area contributed by atoms with E-state index in [1.165, 1.54) is 16.9 Å². The molecule has 2 aromatic rings. The first-order valence-corrected chi connectivity index (χ1v) is 8.72. The fourth-order valence-corrected chi connectivity index (χ4v) is 3.92. The van der Waals surface area contributed by atoms with Crippen LogP contribution in [0.1, 0.15) is 44.3 Å². The fraction of sp³-hybridized carbons (Fsp3) is 0.643. The molecule has 3 rings (SSSR count). The Morgan fingerprint density at radius 3 is 2.90 bits per heavy atom. The van der Waals surface area contributed by atoms with Crippen molar-refractivity contribution < 1.29 is 5.11 Å². The summed E-state index contributed by atoms with van der Waals surface area (Å²) in [4.78, 5) is 24.7. The Morgan fingerprint density at radius 2 is 2.24 bits per heavy atom. The van der Waals surface area contributed by atoms with Gasteiger partial charge in [0, 0.05) is 0 Å². The Balaban J connectivity index is 2.01. The van der Waals surface area contributed by atoms with Crippen LogP contribution in [0, 0.1) is 5.92 Å². The molecule has 0 radical (unpaired) electrons. The number of rotatable bonds is 4. The van der Waals surface area contributed by atoms with Crippen LogP contribution in [-0.2, 0) is 6.54 Å². The second-order valence-corrected chi connectivity index (χ2v) is 6.89. The minimum atomic E-state index is -0.0170. The Labute approximate surface area is 131 Å². The summed E-state index contributed by atoms with van der Waals surface area (Å²) < 4.78 is 2.51. The van der Waals surface area contributed by atoms with E-state index in [4.69, 9.17) is 0 Å². The van der Waals surface area contributed by atoms with Crippen molar-refractivity contribution in [2.75, 3.05) is 6.61 Å². The molecule has 0 saturated heterocycles. The van der Waals surface area contributed by atoms with Gasteiger partial charge in [0.1, 0.15) is 0 Å². The van der Waals surface area contributed by atoms with Crippen molar-refractivity contribution in [2.24, 2.45) is 5.92 Å². The second-order valence-electron chi connectivity index (χ2n) is 5.81. The summed E-state index contributed by atoms with van der Waals surface area (Å²) in [5.74, 6) is 1.52. The van der Waals surface area contributed by atoms with Crippen LogP contribution in [0.3, 0.4) is 0 Å². The van der Waals surface area contributed by atoms with Gasteiger partial charge in [0.15, 0.2) is 0 Å². The van der Waals surface area contributed by atoms with E-state index < -0.39 is 0 Å². The quantitative estimate of drug-likeness (QED) is 0.738. The van der Waals surface area contributed by atoms with Gasteiger partial charge in [-0.1, -0.05) is 0 Å².